The van der Waals surface area contributed by atoms with Crippen LogP contribution in [0.4, 0.5) is 4.79 Å². The minimum absolute atomic E-state index is 0.0927. The Balaban J connectivity index is 1.57. The number of carbonyl (C=O) groups is 3. The van der Waals surface area contributed by atoms with Gasteiger partial charge >= 0.3 is 0 Å². The fourth-order valence-corrected chi connectivity index (χ4v) is 5.31. The second-order valence-electron chi connectivity index (χ2n) is 8.09. The van der Waals surface area contributed by atoms with Gasteiger partial charge in [0.05, 0.1) is 21.5 Å². The second-order valence-corrected chi connectivity index (χ2v) is 10.8. The smallest absolute Gasteiger partial charge is 0.293 e. The number of nitrogens with one attached hydrogen (secondary N) is 1. The molecule has 3 aromatic rings. The summed E-state index contributed by atoms with van der Waals surface area (Å²) in [5.74, 6) is -0.512. The molecular weight excluding hydrogens is 589 g/mol. The largest absolute Gasteiger partial charge is 0.385 e. The zero-order valence-corrected chi connectivity index (χ0v) is 23.1. The van der Waals surface area contributed by atoms with Crippen molar-refractivity contribution in [3.63, 3.8) is 0 Å². The summed E-state index contributed by atoms with van der Waals surface area (Å²) in [5.41, 5.74) is 2.27. The van der Waals surface area contributed by atoms with Gasteiger partial charge in [0.25, 0.3) is 11.1 Å². The van der Waals surface area contributed by atoms with Gasteiger partial charge in [0.15, 0.2) is 0 Å². The Bertz CT molecular complexity index is 1370. The summed E-state index contributed by atoms with van der Waals surface area (Å²) in [6.07, 6.45) is 4.24. The van der Waals surface area contributed by atoms with Gasteiger partial charge in [0.1, 0.15) is 6.54 Å². The summed E-state index contributed by atoms with van der Waals surface area (Å²) in [6, 6.07) is 10.7. The van der Waals surface area contributed by atoms with E-state index in [4.69, 9.17) is 27.9 Å². The van der Waals surface area contributed by atoms with Crippen LogP contribution in [0.2, 0.25) is 10.0 Å². The predicted molar refractivity (Wildman–Crippen MR) is 147 cm³/mol. The first-order valence-corrected chi connectivity index (χ1v) is 13.4. The summed E-state index contributed by atoms with van der Waals surface area (Å²) < 4.78 is 7.70. The van der Waals surface area contributed by atoms with Crippen molar-refractivity contribution in [2.45, 2.75) is 19.5 Å². The maximum Gasteiger partial charge on any atom is 0.293 e. The highest BCUT2D eigenvalue weighted by Crippen LogP contribution is 2.36. The highest BCUT2D eigenvalue weighted by molar-refractivity contribution is 9.10. The number of amides is 3. The molecule has 1 aliphatic heterocycles. The Morgan fingerprint density at radius 1 is 1.17 bits per heavy atom. The number of hydrogen-bond acceptors (Lipinski definition) is 5. The Labute approximate surface area is 230 Å². The van der Waals surface area contributed by atoms with Gasteiger partial charge in [0.2, 0.25) is 5.91 Å². The summed E-state index contributed by atoms with van der Waals surface area (Å²) in [5, 5.41) is 4.14. The lowest BCUT2D eigenvalue weighted by molar-refractivity contribution is -0.123. The molecule has 1 N–H and O–H groups in total. The van der Waals surface area contributed by atoms with Gasteiger partial charge in [-0.1, -0.05) is 45.2 Å². The number of rotatable bonds is 9. The van der Waals surface area contributed by atoms with Crippen LogP contribution in [0.3, 0.4) is 0 Å². The van der Waals surface area contributed by atoms with Gasteiger partial charge < -0.3 is 14.6 Å². The van der Waals surface area contributed by atoms with Crippen LogP contribution in [0.15, 0.2) is 52.0 Å². The van der Waals surface area contributed by atoms with E-state index in [-0.39, 0.29) is 30.1 Å². The first-order valence-electron chi connectivity index (χ1n) is 11.0. The Hall–Kier alpha value is -2.30. The predicted octanol–water partition coefficient (Wildman–Crippen LogP) is 6.10. The van der Waals surface area contributed by atoms with E-state index in [1.54, 1.807) is 31.4 Å². The number of aromatic nitrogens is 1. The van der Waals surface area contributed by atoms with E-state index in [2.05, 4.69) is 21.2 Å². The lowest BCUT2D eigenvalue weighted by atomic mass is 10.1. The lowest BCUT2D eigenvalue weighted by Gasteiger charge is -2.12. The Morgan fingerprint density at radius 2 is 1.97 bits per heavy atom. The van der Waals surface area contributed by atoms with Gasteiger partial charge in [-0.15, -0.1) is 0 Å². The molecule has 4 rings (SSSR count). The number of nitrogens with zero attached hydrogens (tertiary/aromatic N) is 2. The van der Waals surface area contributed by atoms with Crippen LogP contribution >= 0.6 is 50.9 Å². The molecule has 1 aromatic heterocycles. The van der Waals surface area contributed by atoms with Crippen molar-refractivity contribution in [1.82, 2.24) is 14.8 Å². The molecule has 1 fully saturated rings. The van der Waals surface area contributed by atoms with Gasteiger partial charge in [0, 0.05) is 47.4 Å². The summed E-state index contributed by atoms with van der Waals surface area (Å²) in [4.78, 5) is 39.7. The third-order valence-corrected chi connectivity index (χ3v) is 7.66. The average molecular weight is 611 g/mol. The topological polar surface area (TPSA) is 80.6 Å². The Kier molecular flexibility index (Phi) is 8.79. The number of benzene rings is 2. The van der Waals surface area contributed by atoms with Crippen molar-refractivity contribution < 1.29 is 19.1 Å². The normalized spacial score (nSPS) is 14.9. The molecule has 0 aliphatic carbocycles. The molecule has 0 radical (unpaired) electrons. The van der Waals surface area contributed by atoms with Gasteiger partial charge in [-0.3, -0.25) is 19.3 Å². The van der Waals surface area contributed by atoms with Crippen molar-refractivity contribution in [2.24, 2.45) is 0 Å². The summed E-state index contributed by atoms with van der Waals surface area (Å²) in [6.45, 7) is 1.31. The zero-order chi connectivity index (χ0) is 25.8. The average Bonchev–Trinajstić information content (AvgIpc) is 3.30. The number of fused-ring (bicyclic) bond motifs is 1. The van der Waals surface area contributed by atoms with Gasteiger partial charge in [-0.25, -0.2) is 0 Å². The third-order valence-electron chi connectivity index (χ3n) is 5.52. The lowest BCUT2D eigenvalue weighted by Crippen LogP contribution is -2.28. The van der Waals surface area contributed by atoms with Crippen LogP contribution in [0.1, 0.15) is 17.5 Å². The number of thioether (sulfide) groups is 1. The fraction of sp³-hybridized carbons (Fsp3) is 0.240. The maximum absolute atomic E-state index is 13.1. The number of halogens is 3. The van der Waals surface area contributed by atoms with Crippen molar-refractivity contribution >= 4 is 84.9 Å². The van der Waals surface area contributed by atoms with E-state index < -0.39 is 0 Å². The van der Waals surface area contributed by atoms with Crippen molar-refractivity contribution in [3.05, 3.63) is 73.1 Å². The maximum atomic E-state index is 13.1. The fourth-order valence-electron chi connectivity index (χ4n) is 3.80. The number of hydrogen-bond donors (Lipinski definition) is 1. The third kappa shape index (κ3) is 6.15. The molecule has 0 spiro atoms. The van der Waals surface area contributed by atoms with Gasteiger partial charge in [-0.05, 0) is 60.2 Å². The highest BCUT2D eigenvalue weighted by Gasteiger charge is 2.35. The molecule has 7 nitrogen and oxygen atoms in total. The van der Waals surface area contributed by atoms with E-state index in [0.717, 1.165) is 39.1 Å². The quantitative estimate of drug-likeness (QED) is 0.234. The molecule has 3 amide bonds. The first kappa shape index (κ1) is 26.8. The molecule has 2 heterocycles. The molecule has 188 valence electrons. The van der Waals surface area contributed by atoms with Crippen LogP contribution in [-0.4, -0.2) is 46.8 Å². The van der Waals surface area contributed by atoms with Gasteiger partial charge in [-0.2, -0.15) is 0 Å². The molecule has 0 atom stereocenters. The van der Waals surface area contributed by atoms with Crippen LogP contribution < -0.4 is 5.32 Å². The minimum atomic E-state index is -0.386. The van der Waals surface area contributed by atoms with Crippen LogP contribution in [0.25, 0.3) is 17.0 Å². The van der Waals surface area contributed by atoms with Crippen LogP contribution in [-0.2, 0) is 27.4 Å². The van der Waals surface area contributed by atoms with E-state index in [1.165, 1.54) is 4.90 Å². The van der Waals surface area contributed by atoms with E-state index in [0.29, 0.717) is 33.7 Å². The van der Waals surface area contributed by atoms with E-state index in [9.17, 15) is 14.4 Å². The second kappa shape index (κ2) is 11.8. The molecular formula is C25H22BrCl2N3O4S. The number of imide groups is 1. The minimum Gasteiger partial charge on any atom is -0.385 e. The monoisotopic (exact) mass is 609 g/mol. The molecule has 1 aliphatic rings. The highest BCUT2D eigenvalue weighted by atomic mass is 79.9. The number of carbonyl (C=O) groups excluding carboxylic acids is 3. The van der Waals surface area contributed by atoms with Crippen LogP contribution in [0, 0.1) is 0 Å². The summed E-state index contributed by atoms with van der Waals surface area (Å²) >= 11 is 16.4. The zero-order valence-electron chi connectivity index (χ0n) is 19.2. The number of ether oxygens (including phenoxy) is 1. The van der Waals surface area contributed by atoms with Crippen molar-refractivity contribution in [1.29, 1.82) is 0 Å². The van der Waals surface area contributed by atoms with Crippen molar-refractivity contribution in [2.75, 3.05) is 20.3 Å². The molecule has 0 unspecified atom stereocenters. The molecule has 2 aromatic carbocycles. The first-order chi connectivity index (χ1) is 17.3. The number of methoxy groups -OCH3 is 1. The standard InChI is InChI=1S/C25H22BrCl2N3O4S/c1-35-8-2-7-29-23(32)14-30-13-16(18-11-17(26)4-6-21(18)30)10-22-24(33)31(25(34)36-22)12-15-3-5-19(27)20(28)9-15/h3-6,9-11,13H,2,7-8,12,14H2,1H3,(H,29,32)/b22-10-. The molecule has 0 bridgehead atoms. The molecule has 36 heavy (non-hydrogen) atoms. The summed E-state index contributed by atoms with van der Waals surface area (Å²) in [7, 11) is 1.62. The molecule has 0 saturated carbocycles. The van der Waals surface area contributed by atoms with E-state index in [1.807, 2.05) is 29.0 Å². The van der Waals surface area contributed by atoms with Crippen LogP contribution in [0.5, 0.6) is 0 Å². The van der Waals surface area contributed by atoms with E-state index >= 15 is 0 Å². The van der Waals surface area contributed by atoms with Crippen molar-refractivity contribution in [3.8, 4) is 0 Å². The SMILES string of the molecule is COCCCNC(=O)Cn1cc(/C=C2\SC(=O)N(Cc3ccc(Cl)c(Cl)c3)C2=O)c2cc(Br)ccc21. The molecule has 1 saturated heterocycles. The Morgan fingerprint density at radius 3 is 2.72 bits per heavy atom. The molecule has 11 heteroatoms.